The number of hydrogen-bond acceptors (Lipinski definition) is 5. The van der Waals surface area contributed by atoms with E-state index in [1.807, 2.05) is 22.8 Å². The molecule has 2 fully saturated rings. The standard InChI is InChI=1S/C16H25ClN4O2.CH2O2/c1-19-12-14(23-2)9-16(15(19)22)3-5-20(6-4-16)7-8-21-11-13(17)10-18-21;2-1-3/h10-11,14H,3-9,12H2,1-2H3;1H,(H,2,3). The largest absolute Gasteiger partial charge is 0.483 e. The van der Waals surface area contributed by atoms with Gasteiger partial charge in [-0.1, -0.05) is 11.6 Å². The maximum atomic E-state index is 12.7. The Kier molecular flexibility index (Phi) is 7.43. The van der Waals surface area contributed by atoms with Crippen molar-refractivity contribution in [3.05, 3.63) is 17.4 Å². The Morgan fingerprint density at radius 2 is 2.08 bits per heavy atom. The highest BCUT2D eigenvalue weighted by atomic mass is 35.5. The van der Waals surface area contributed by atoms with Crippen LogP contribution in [-0.4, -0.2) is 83.5 Å². The second kappa shape index (κ2) is 9.34. The third-order valence-electron chi connectivity index (χ3n) is 5.29. The first-order valence-corrected chi connectivity index (χ1v) is 9.08. The normalized spacial score (nSPS) is 22.8. The van der Waals surface area contributed by atoms with Crippen molar-refractivity contribution in [2.75, 3.05) is 40.3 Å². The molecular weight excluding hydrogens is 360 g/mol. The Balaban J connectivity index is 0.000000758. The lowest BCUT2D eigenvalue weighted by molar-refractivity contribution is -0.155. The third kappa shape index (κ3) is 4.96. The minimum absolute atomic E-state index is 0.162. The average molecular weight is 387 g/mol. The number of carbonyl (C=O) groups is 2. The molecule has 146 valence electrons. The summed E-state index contributed by atoms with van der Waals surface area (Å²) in [5, 5.41) is 11.8. The predicted molar refractivity (Wildman–Crippen MR) is 97.1 cm³/mol. The van der Waals surface area contributed by atoms with E-state index >= 15 is 0 Å². The number of piperidine rings is 2. The van der Waals surface area contributed by atoms with E-state index in [1.165, 1.54) is 0 Å². The van der Waals surface area contributed by atoms with Gasteiger partial charge in [0.25, 0.3) is 6.47 Å². The fraction of sp³-hybridized carbons (Fsp3) is 0.706. The molecule has 1 atom stereocenters. The zero-order valence-electron chi connectivity index (χ0n) is 15.3. The number of carbonyl (C=O) groups excluding carboxylic acids is 1. The Bertz CT molecular complexity index is 601. The molecule has 0 aromatic carbocycles. The second-order valence-electron chi connectivity index (χ2n) is 6.90. The number of likely N-dealkylation sites (tertiary alicyclic amines) is 2. The van der Waals surface area contributed by atoms with Gasteiger partial charge >= 0.3 is 0 Å². The van der Waals surface area contributed by atoms with Crippen molar-refractivity contribution in [2.24, 2.45) is 5.41 Å². The van der Waals surface area contributed by atoms with Gasteiger partial charge in [0.15, 0.2) is 0 Å². The number of aromatic nitrogens is 2. The molecule has 1 amide bonds. The van der Waals surface area contributed by atoms with Crippen LogP contribution in [0, 0.1) is 5.41 Å². The summed E-state index contributed by atoms with van der Waals surface area (Å²) in [6.45, 7) is 4.12. The van der Waals surface area contributed by atoms with Gasteiger partial charge in [-0.05, 0) is 32.4 Å². The van der Waals surface area contributed by atoms with Gasteiger partial charge in [0.2, 0.25) is 5.91 Å². The van der Waals surface area contributed by atoms with Crippen LogP contribution < -0.4 is 0 Å². The van der Waals surface area contributed by atoms with E-state index < -0.39 is 0 Å². The van der Waals surface area contributed by atoms with Crippen molar-refractivity contribution in [1.29, 1.82) is 0 Å². The van der Waals surface area contributed by atoms with Crippen LogP contribution in [0.5, 0.6) is 0 Å². The van der Waals surface area contributed by atoms with Gasteiger partial charge < -0.3 is 19.6 Å². The molecule has 0 aliphatic carbocycles. The molecule has 1 unspecified atom stereocenters. The van der Waals surface area contributed by atoms with Gasteiger partial charge in [-0.3, -0.25) is 14.3 Å². The monoisotopic (exact) mass is 386 g/mol. The van der Waals surface area contributed by atoms with Crippen molar-refractivity contribution in [2.45, 2.75) is 31.9 Å². The van der Waals surface area contributed by atoms with Crippen molar-refractivity contribution < 1.29 is 19.4 Å². The molecule has 1 aromatic rings. The number of hydrogen-bond donors (Lipinski definition) is 1. The second-order valence-corrected chi connectivity index (χ2v) is 7.33. The first-order valence-electron chi connectivity index (χ1n) is 8.70. The molecule has 2 aliphatic heterocycles. The topological polar surface area (TPSA) is 87.9 Å². The van der Waals surface area contributed by atoms with Gasteiger partial charge in [-0.15, -0.1) is 0 Å². The maximum Gasteiger partial charge on any atom is 0.290 e. The molecule has 0 bridgehead atoms. The summed E-state index contributed by atoms with van der Waals surface area (Å²) in [5.74, 6) is 0.296. The molecule has 1 spiro atoms. The molecule has 9 heteroatoms. The van der Waals surface area contributed by atoms with Crippen LogP contribution in [0.1, 0.15) is 19.3 Å². The van der Waals surface area contributed by atoms with E-state index in [4.69, 9.17) is 26.2 Å². The highest BCUT2D eigenvalue weighted by Crippen LogP contribution is 2.41. The summed E-state index contributed by atoms with van der Waals surface area (Å²) in [4.78, 5) is 25.3. The summed E-state index contributed by atoms with van der Waals surface area (Å²) in [6, 6.07) is 0. The van der Waals surface area contributed by atoms with Crippen LogP contribution in [0.25, 0.3) is 0 Å². The summed E-state index contributed by atoms with van der Waals surface area (Å²) >= 11 is 5.89. The number of nitrogens with zero attached hydrogens (tertiary/aromatic N) is 4. The Labute approximate surface area is 158 Å². The van der Waals surface area contributed by atoms with Crippen molar-refractivity contribution in [3.8, 4) is 0 Å². The van der Waals surface area contributed by atoms with Crippen LogP contribution in [-0.2, 0) is 20.9 Å². The molecule has 26 heavy (non-hydrogen) atoms. The lowest BCUT2D eigenvalue weighted by Gasteiger charge is -2.47. The van der Waals surface area contributed by atoms with E-state index in [2.05, 4.69) is 10.00 Å². The number of rotatable bonds is 4. The zero-order chi connectivity index (χ0) is 19.2. The minimum atomic E-state index is -0.250. The Hall–Kier alpha value is -1.64. The third-order valence-corrected chi connectivity index (χ3v) is 5.49. The SMILES string of the molecule is COC1CN(C)C(=O)C2(CCN(CCn3cc(Cl)cn3)CC2)C1.O=CO. The summed E-state index contributed by atoms with van der Waals surface area (Å²) < 4.78 is 7.41. The van der Waals surface area contributed by atoms with Crippen LogP contribution in [0.15, 0.2) is 12.4 Å². The van der Waals surface area contributed by atoms with Gasteiger partial charge in [0.05, 0.1) is 29.3 Å². The molecule has 0 radical (unpaired) electrons. The number of carboxylic acid groups (broad SMARTS) is 1. The molecule has 1 N–H and O–H groups in total. The predicted octanol–water partition coefficient (Wildman–Crippen LogP) is 1.20. The fourth-order valence-electron chi connectivity index (χ4n) is 3.87. The average Bonchev–Trinajstić information content (AvgIpc) is 3.05. The van der Waals surface area contributed by atoms with Crippen LogP contribution in [0.4, 0.5) is 0 Å². The maximum absolute atomic E-state index is 12.7. The van der Waals surface area contributed by atoms with E-state index in [0.29, 0.717) is 17.5 Å². The quantitative estimate of drug-likeness (QED) is 0.782. The molecule has 0 saturated carbocycles. The summed E-state index contributed by atoms with van der Waals surface area (Å²) in [5.41, 5.74) is -0.223. The number of amides is 1. The highest BCUT2D eigenvalue weighted by Gasteiger charge is 2.47. The Morgan fingerprint density at radius 1 is 1.42 bits per heavy atom. The fourth-order valence-corrected chi connectivity index (χ4v) is 4.02. The molecule has 8 nitrogen and oxygen atoms in total. The van der Waals surface area contributed by atoms with Crippen LogP contribution in [0.3, 0.4) is 0 Å². The van der Waals surface area contributed by atoms with Crippen LogP contribution in [0.2, 0.25) is 5.02 Å². The van der Waals surface area contributed by atoms with Crippen molar-refractivity contribution in [1.82, 2.24) is 19.6 Å². The van der Waals surface area contributed by atoms with E-state index in [9.17, 15) is 4.79 Å². The van der Waals surface area contributed by atoms with Crippen molar-refractivity contribution >= 4 is 24.0 Å². The number of ether oxygens (including phenoxy) is 1. The summed E-state index contributed by atoms with van der Waals surface area (Å²) in [7, 11) is 3.63. The minimum Gasteiger partial charge on any atom is -0.483 e. The molecule has 1 aromatic heterocycles. The Morgan fingerprint density at radius 3 is 2.62 bits per heavy atom. The number of halogens is 1. The van der Waals surface area contributed by atoms with E-state index in [-0.39, 0.29) is 18.0 Å². The highest BCUT2D eigenvalue weighted by molar-refractivity contribution is 6.30. The van der Waals surface area contributed by atoms with E-state index in [0.717, 1.165) is 45.4 Å². The lowest BCUT2D eigenvalue weighted by atomic mass is 9.71. The first kappa shape index (κ1) is 20.7. The van der Waals surface area contributed by atoms with E-state index in [1.54, 1.807) is 13.3 Å². The first-order chi connectivity index (χ1) is 12.4. The summed E-state index contributed by atoms with van der Waals surface area (Å²) in [6.07, 6.45) is 6.35. The van der Waals surface area contributed by atoms with Gasteiger partial charge in [0.1, 0.15) is 0 Å². The van der Waals surface area contributed by atoms with Gasteiger partial charge in [-0.25, -0.2) is 0 Å². The van der Waals surface area contributed by atoms with Gasteiger partial charge in [-0.2, -0.15) is 5.10 Å². The number of methoxy groups -OCH3 is 1. The number of likely N-dealkylation sites (N-methyl/N-ethyl adjacent to an activating group) is 1. The molecule has 3 heterocycles. The molecule has 2 aliphatic rings. The molecule has 2 saturated heterocycles. The van der Waals surface area contributed by atoms with Crippen molar-refractivity contribution in [3.63, 3.8) is 0 Å². The molecule has 3 rings (SSSR count). The van der Waals surface area contributed by atoms with Crippen LogP contribution >= 0.6 is 11.6 Å². The lowest BCUT2D eigenvalue weighted by Crippen LogP contribution is -2.56. The smallest absolute Gasteiger partial charge is 0.290 e. The zero-order valence-corrected chi connectivity index (χ0v) is 16.1. The molecular formula is C17H27ClN4O4. The van der Waals surface area contributed by atoms with Gasteiger partial charge in [0, 0.05) is 33.4 Å².